The second-order valence-corrected chi connectivity index (χ2v) is 7.21. The van der Waals surface area contributed by atoms with Crippen LogP contribution in [0.3, 0.4) is 0 Å². The molecule has 1 saturated heterocycles. The van der Waals surface area contributed by atoms with Gasteiger partial charge in [0, 0.05) is 42.9 Å². The number of likely N-dealkylation sites (N-methyl/N-ethyl adjacent to an activating group) is 1. The van der Waals surface area contributed by atoms with Crippen LogP contribution in [0.15, 0.2) is 36.4 Å². The maximum Gasteiger partial charge on any atom is 0.265 e. The summed E-state index contributed by atoms with van der Waals surface area (Å²) in [6, 6.07) is 8.97. The van der Waals surface area contributed by atoms with Crippen molar-refractivity contribution in [3.8, 4) is 0 Å². The minimum absolute atomic E-state index is 0.0782. The van der Waals surface area contributed by atoms with Gasteiger partial charge in [0.1, 0.15) is 11.6 Å². The van der Waals surface area contributed by atoms with Gasteiger partial charge in [0.05, 0.1) is 11.1 Å². The molecule has 3 rings (SSSR count). The van der Waals surface area contributed by atoms with E-state index in [4.69, 9.17) is 17.4 Å². The van der Waals surface area contributed by atoms with Crippen LogP contribution in [-0.2, 0) is 6.54 Å². The maximum absolute atomic E-state index is 14.7. The van der Waals surface area contributed by atoms with Crippen molar-refractivity contribution >= 4 is 17.5 Å². The zero-order chi connectivity index (χ0) is 20.3. The number of hydrogen-bond donors (Lipinski definition) is 2. The van der Waals surface area contributed by atoms with Gasteiger partial charge in [-0.2, -0.15) is 0 Å². The third kappa shape index (κ3) is 4.33. The first-order valence-electron chi connectivity index (χ1n) is 9.14. The minimum atomic E-state index is -0.555. The Morgan fingerprint density at radius 2 is 2.07 bits per heavy atom. The number of halogens is 3. The standard InChI is InChI=1S/C20H23ClF2N4O/c1-2-26-8-9-27(18(12-26)15-4-3-5-16(21)19(15)23)11-14-7-6-13(10-17(14)22)20(28)25-24/h3-7,10,18H,2,8-9,11-12,24H2,1H3,(H,25,28). The molecule has 1 heterocycles. The fraction of sp³-hybridized carbons (Fsp3) is 0.350. The Balaban J connectivity index is 1.88. The van der Waals surface area contributed by atoms with Gasteiger partial charge < -0.3 is 4.90 Å². The molecule has 1 unspecified atom stereocenters. The topological polar surface area (TPSA) is 61.6 Å². The molecule has 0 bridgehead atoms. The molecule has 0 radical (unpaired) electrons. The first-order valence-corrected chi connectivity index (χ1v) is 9.52. The summed E-state index contributed by atoms with van der Waals surface area (Å²) in [5.74, 6) is 3.61. The summed E-state index contributed by atoms with van der Waals surface area (Å²) in [5, 5.41) is 0.0782. The van der Waals surface area contributed by atoms with E-state index in [1.54, 1.807) is 18.2 Å². The van der Waals surface area contributed by atoms with Gasteiger partial charge in [0.2, 0.25) is 0 Å². The average molecular weight is 409 g/mol. The number of rotatable bonds is 5. The lowest BCUT2D eigenvalue weighted by molar-refractivity contribution is 0.0684. The number of benzene rings is 2. The maximum atomic E-state index is 14.7. The number of piperazine rings is 1. The molecule has 1 amide bonds. The lowest BCUT2D eigenvalue weighted by Gasteiger charge is -2.41. The van der Waals surface area contributed by atoms with E-state index in [0.717, 1.165) is 19.2 Å². The van der Waals surface area contributed by atoms with Crippen LogP contribution in [0.25, 0.3) is 0 Å². The molecule has 1 aliphatic rings. The highest BCUT2D eigenvalue weighted by molar-refractivity contribution is 6.30. The molecule has 8 heteroatoms. The molecule has 0 saturated carbocycles. The van der Waals surface area contributed by atoms with Crippen molar-refractivity contribution in [2.24, 2.45) is 5.84 Å². The van der Waals surface area contributed by atoms with Crippen LogP contribution in [0.5, 0.6) is 0 Å². The molecule has 1 aliphatic heterocycles. The Kier molecular flexibility index (Phi) is 6.61. The summed E-state index contributed by atoms with van der Waals surface area (Å²) >= 11 is 5.98. The molecule has 28 heavy (non-hydrogen) atoms. The highest BCUT2D eigenvalue weighted by atomic mass is 35.5. The minimum Gasteiger partial charge on any atom is -0.300 e. The van der Waals surface area contributed by atoms with Crippen LogP contribution in [-0.4, -0.2) is 41.9 Å². The van der Waals surface area contributed by atoms with E-state index < -0.39 is 17.5 Å². The summed E-state index contributed by atoms with van der Waals surface area (Å²) in [7, 11) is 0. The molecule has 0 aliphatic carbocycles. The van der Waals surface area contributed by atoms with Crippen LogP contribution in [0.4, 0.5) is 8.78 Å². The fourth-order valence-electron chi connectivity index (χ4n) is 3.55. The smallest absolute Gasteiger partial charge is 0.265 e. The van der Waals surface area contributed by atoms with Gasteiger partial charge in [-0.05, 0) is 24.7 Å². The van der Waals surface area contributed by atoms with Crippen molar-refractivity contribution in [3.63, 3.8) is 0 Å². The summed E-state index contributed by atoms with van der Waals surface area (Å²) in [6.45, 7) is 5.30. The van der Waals surface area contributed by atoms with Crippen molar-refractivity contribution in [1.82, 2.24) is 15.2 Å². The largest absolute Gasteiger partial charge is 0.300 e. The van der Waals surface area contributed by atoms with E-state index in [-0.39, 0.29) is 16.6 Å². The molecule has 2 aromatic carbocycles. The number of nitrogens with two attached hydrogens (primary N) is 1. The summed E-state index contributed by atoms with van der Waals surface area (Å²) < 4.78 is 29.2. The number of amides is 1. The molecule has 0 aromatic heterocycles. The molecule has 5 nitrogen and oxygen atoms in total. The van der Waals surface area contributed by atoms with Gasteiger partial charge in [0.15, 0.2) is 0 Å². The second kappa shape index (κ2) is 8.96. The molecular formula is C20H23ClF2N4O. The predicted octanol–water partition coefficient (Wildman–Crippen LogP) is 3.10. The van der Waals surface area contributed by atoms with Crippen molar-refractivity contribution in [2.45, 2.75) is 19.5 Å². The summed E-state index contributed by atoms with van der Waals surface area (Å²) in [6.07, 6.45) is 0. The van der Waals surface area contributed by atoms with Gasteiger partial charge in [-0.1, -0.05) is 36.7 Å². The van der Waals surface area contributed by atoms with E-state index >= 15 is 0 Å². The molecule has 1 fully saturated rings. The third-order valence-electron chi connectivity index (χ3n) is 5.18. The number of hydrogen-bond acceptors (Lipinski definition) is 4. The summed E-state index contributed by atoms with van der Waals surface area (Å²) in [5.41, 5.74) is 3.08. The Hall–Kier alpha value is -2.06. The molecule has 2 aromatic rings. The number of nitrogens with one attached hydrogen (secondary N) is 1. The average Bonchev–Trinajstić information content (AvgIpc) is 2.71. The van der Waals surface area contributed by atoms with Crippen LogP contribution < -0.4 is 11.3 Å². The SMILES string of the molecule is CCN1CCN(Cc2ccc(C(=O)NN)cc2F)C(c2cccc(Cl)c2F)C1. The van der Waals surface area contributed by atoms with E-state index in [9.17, 15) is 13.6 Å². The quantitative estimate of drug-likeness (QED) is 0.453. The van der Waals surface area contributed by atoms with E-state index in [1.807, 2.05) is 10.3 Å². The third-order valence-corrected chi connectivity index (χ3v) is 5.47. The highest BCUT2D eigenvalue weighted by Gasteiger charge is 2.30. The Morgan fingerprint density at radius 3 is 2.75 bits per heavy atom. The number of carbonyl (C=O) groups is 1. The van der Waals surface area contributed by atoms with E-state index in [0.29, 0.717) is 30.8 Å². The lowest BCUT2D eigenvalue weighted by Crippen LogP contribution is -2.48. The number of nitrogen functional groups attached to an aromatic ring is 1. The van der Waals surface area contributed by atoms with Crippen molar-refractivity contribution in [2.75, 3.05) is 26.2 Å². The first-order chi connectivity index (χ1) is 13.4. The van der Waals surface area contributed by atoms with Crippen molar-refractivity contribution in [3.05, 3.63) is 69.7 Å². The molecule has 1 atom stereocenters. The summed E-state index contributed by atoms with van der Waals surface area (Å²) in [4.78, 5) is 15.8. The first kappa shape index (κ1) is 20.7. The fourth-order valence-corrected chi connectivity index (χ4v) is 3.73. The van der Waals surface area contributed by atoms with Crippen LogP contribution in [0.2, 0.25) is 5.02 Å². The highest BCUT2D eigenvalue weighted by Crippen LogP contribution is 2.32. The van der Waals surface area contributed by atoms with Gasteiger partial charge in [-0.3, -0.25) is 15.1 Å². The molecule has 0 spiro atoms. The molecule has 150 valence electrons. The van der Waals surface area contributed by atoms with E-state index in [2.05, 4.69) is 11.8 Å². The van der Waals surface area contributed by atoms with Crippen LogP contribution in [0.1, 0.15) is 34.5 Å². The lowest BCUT2D eigenvalue weighted by atomic mass is 10.00. The predicted molar refractivity (Wildman–Crippen MR) is 105 cm³/mol. The van der Waals surface area contributed by atoms with Gasteiger partial charge in [-0.15, -0.1) is 0 Å². The number of hydrazine groups is 1. The van der Waals surface area contributed by atoms with Crippen molar-refractivity contribution in [1.29, 1.82) is 0 Å². The van der Waals surface area contributed by atoms with Gasteiger partial charge in [0.25, 0.3) is 5.91 Å². The Bertz CT molecular complexity index is 864. The second-order valence-electron chi connectivity index (χ2n) is 6.80. The monoisotopic (exact) mass is 408 g/mol. The normalized spacial score (nSPS) is 18.2. The van der Waals surface area contributed by atoms with Crippen LogP contribution >= 0.6 is 11.6 Å². The molecular weight excluding hydrogens is 386 g/mol. The zero-order valence-corrected chi connectivity index (χ0v) is 16.3. The van der Waals surface area contributed by atoms with Gasteiger partial charge >= 0.3 is 0 Å². The van der Waals surface area contributed by atoms with Crippen LogP contribution in [0, 0.1) is 11.6 Å². The zero-order valence-electron chi connectivity index (χ0n) is 15.6. The Morgan fingerprint density at radius 1 is 1.29 bits per heavy atom. The van der Waals surface area contributed by atoms with Gasteiger partial charge in [-0.25, -0.2) is 14.6 Å². The number of nitrogens with zero attached hydrogens (tertiary/aromatic N) is 2. The Labute approximate surface area is 168 Å². The van der Waals surface area contributed by atoms with E-state index in [1.165, 1.54) is 12.1 Å². The van der Waals surface area contributed by atoms with Crippen molar-refractivity contribution < 1.29 is 13.6 Å². The number of carbonyl (C=O) groups excluding carboxylic acids is 1. The molecule has 3 N–H and O–H groups in total.